The number of hydrogen-bond donors (Lipinski definition) is 3. The van der Waals surface area contributed by atoms with E-state index < -0.39 is 6.04 Å². The zero-order chi connectivity index (χ0) is 27.6. The number of para-hydroxylation sites is 1. The van der Waals surface area contributed by atoms with Crippen LogP contribution in [0.15, 0.2) is 90.6 Å². The molecule has 0 aliphatic rings. The number of fused-ring (bicyclic) bond motifs is 2. The van der Waals surface area contributed by atoms with E-state index in [2.05, 4.69) is 31.1 Å². The first-order valence-electron chi connectivity index (χ1n) is 12.7. The second-order valence-corrected chi connectivity index (χ2v) is 10.3. The van der Waals surface area contributed by atoms with Gasteiger partial charge < -0.3 is 16.0 Å². The first-order valence-corrected chi connectivity index (χ1v) is 13.6. The van der Waals surface area contributed by atoms with E-state index in [1.165, 1.54) is 17.5 Å². The monoisotopic (exact) mass is 547 g/mol. The van der Waals surface area contributed by atoms with Crippen LogP contribution in [0.25, 0.3) is 15.7 Å². The Bertz CT molecular complexity index is 1880. The largest absolute Gasteiger partial charge is 0.342 e. The Morgan fingerprint density at radius 3 is 2.60 bits per heavy atom. The second-order valence-electron chi connectivity index (χ2n) is 9.34. The average Bonchev–Trinajstić information content (AvgIpc) is 3.60. The molecule has 4 aromatic heterocycles. The number of carbonyl (C=O) groups excluding carboxylic acids is 2. The average molecular weight is 548 g/mol. The number of aryl methyl sites for hydroxylation is 1. The summed E-state index contributed by atoms with van der Waals surface area (Å²) in [5, 5.41) is 20.4. The van der Waals surface area contributed by atoms with Crippen molar-refractivity contribution in [1.82, 2.24) is 24.9 Å². The van der Waals surface area contributed by atoms with Crippen LogP contribution in [0.3, 0.4) is 0 Å². The molecule has 1 atom stereocenters. The highest BCUT2D eigenvalue weighted by Crippen LogP contribution is 2.30. The maximum absolute atomic E-state index is 13.4. The molecule has 2 aromatic carbocycles. The smallest absolute Gasteiger partial charge is 0.257 e. The Hall–Kier alpha value is -5.09. The summed E-state index contributed by atoms with van der Waals surface area (Å²) in [6, 6.07) is 22.3. The third-order valence-electron chi connectivity index (χ3n) is 6.60. The van der Waals surface area contributed by atoms with Crippen molar-refractivity contribution in [2.75, 3.05) is 10.6 Å². The molecule has 0 spiro atoms. The molecule has 3 N–H and O–H groups in total. The van der Waals surface area contributed by atoms with Crippen molar-refractivity contribution in [3.8, 4) is 0 Å². The fourth-order valence-corrected chi connectivity index (χ4v) is 5.41. The van der Waals surface area contributed by atoms with Gasteiger partial charge in [-0.1, -0.05) is 42.5 Å². The predicted octanol–water partition coefficient (Wildman–Crippen LogP) is 6.13. The number of anilines is 3. The lowest BCUT2D eigenvalue weighted by Gasteiger charge is -2.16. The molecule has 9 nitrogen and oxygen atoms in total. The molecular formula is C30H25N7O2S. The Labute approximate surface area is 233 Å². The van der Waals surface area contributed by atoms with Gasteiger partial charge in [-0.05, 0) is 49.7 Å². The molecule has 0 fully saturated rings. The van der Waals surface area contributed by atoms with Crippen LogP contribution in [0.4, 0.5) is 17.2 Å². The molecule has 0 saturated carbocycles. The van der Waals surface area contributed by atoms with Gasteiger partial charge in [-0.15, -0.1) is 21.5 Å². The van der Waals surface area contributed by atoms with E-state index in [4.69, 9.17) is 0 Å². The summed E-state index contributed by atoms with van der Waals surface area (Å²) in [6.45, 7) is 3.82. The van der Waals surface area contributed by atoms with E-state index in [0.717, 1.165) is 21.3 Å². The number of aromatic nitrogens is 4. The molecule has 2 amide bonds. The number of nitrogens with zero attached hydrogens (tertiary/aromatic N) is 4. The predicted molar refractivity (Wildman–Crippen MR) is 157 cm³/mol. The first kappa shape index (κ1) is 25.2. The summed E-state index contributed by atoms with van der Waals surface area (Å²) in [7, 11) is 0. The van der Waals surface area contributed by atoms with E-state index in [1.807, 2.05) is 96.6 Å². The molecule has 6 rings (SSSR count). The second kappa shape index (κ2) is 10.6. The zero-order valence-corrected chi connectivity index (χ0v) is 22.6. The van der Waals surface area contributed by atoms with Gasteiger partial charge >= 0.3 is 0 Å². The van der Waals surface area contributed by atoms with Crippen LogP contribution in [0.1, 0.15) is 45.1 Å². The lowest BCUT2D eigenvalue weighted by molar-refractivity contribution is 0.0936. The molecule has 0 aliphatic carbocycles. The number of hydrogen-bond acceptors (Lipinski definition) is 7. The normalized spacial score (nSPS) is 11.8. The minimum atomic E-state index is -0.426. The van der Waals surface area contributed by atoms with Crippen molar-refractivity contribution < 1.29 is 9.59 Å². The molecule has 4 heterocycles. The number of rotatable bonds is 7. The van der Waals surface area contributed by atoms with Crippen LogP contribution >= 0.6 is 11.3 Å². The molecule has 0 aliphatic heterocycles. The van der Waals surface area contributed by atoms with Gasteiger partial charge in [-0.25, -0.2) is 4.98 Å². The highest BCUT2D eigenvalue weighted by Gasteiger charge is 2.20. The summed E-state index contributed by atoms with van der Waals surface area (Å²) in [5.41, 5.74) is 3.79. The van der Waals surface area contributed by atoms with Crippen LogP contribution in [0, 0.1) is 6.92 Å². The van der Waals surface area contributed by atoms with E-state index in [0.29, 0.717) is 34.1 Å². The number of carbonyl (C=O) groups is 2. The SMILES string of the molecule is Cc1ccccc1Nc1ncc(C(=O)NC(C)c2nnc3ccccn23)cc1NC(=O)c1csc2ccccc12. The summed E-state index contributed by atoms with van der Waals surface area (Å²) in [5.74, 6) is 0.391. The quantitative estimate of drug-likeness (QED) is 0.221. The molecule has 1 unspecified atom stereocenters. The number of amides is 2. The molecule has 0 radical (unpaired) electrons. The van der Waals surface area contributed by atoms with Gasteiger partial charge in [0.2, 0.25) is 0 Å². The lowest BCUT2D eigenvalue weighted by atomic mass is 10.1. The zero-order valence-electron chi connectivity index (χ0n) is 21.8. The van der Waals surface area contributed by atoms with Gasteiger partial charge in [0, 0.05) is 33.5 Å². The Kier molecular flexibility index (Phi) is 6.67. The summed E-state index contributed by atoms with van der Waals surface area (Å²) in [6.07, 6.45) is 3.34. The molecule has 198 valence electrons. The van der Waals surface area contributed by atoms with Crippen molar-refractivity contribution in [3.05, 3.63) is 113 Å². The van der Waals surface area contributed by atoms with Crippen molar-refractivity contribution in [2.24, 2.45) is 0 Å². The van der Waals surface area contributed by atoms with Crippen molar-refractivity contribution >= 4 is 56.1 Å². The van der Waals surface area contributed by atoms with Crippen LogP contribution in [0.5, 0.6) is 0 Å². The third-order valence-corrected chi connectivity index (χ3v) is 7.56. The Morgan fingerprint density at radius 2 is 1.73 bits per heavy atom. The minimum Gasteiger partial charge on any atom is -0.342 e. The molecule has 40 heavy (non-hydrogen) atoms. The molecule has 6 aromatic rings. The minimum absolute atomic E-state index is 0.284. The Balaban J connectivity index is 1.31. The van der Waals surface area contributed by atoms with Crippen LogP contribution in [-0.4, -0.2) is 31.4 Å². The number of thiophene rings is 1. The third kappa shape index (κ3) is 4.87. The molecular weight excluding hydrogens is 522 g/mol. The van der Waals surface area contributed by atoms with Gasteiger partial charge in [0.05, 0.1) is 22.9 Å². The first-order chi connectivity index (χ1) is 19.5. The highest BCUT2D eigenvalue weighted by atomic mass is 32.1. The standard InChI is InChI=1S/C30H25N7O2S/c1-18-9-3-5-11-23(18)33-27-24(34-30(39)22-17-40-25-12-6-4-10-21(22)25)15-20(16-31-27)29(38)32-19(2)28-36-35-26-13-7-8-14-37(26)28/h3-17,19H,1-2H3,(H,31,33)(H,32,38)(H,34,39). The molecule has 0 bridgehead atoms. The summed E-state index contributed by atoms with van der Waals surface area (Å²) in [4.78, 5) is 31.3. The van der Waals surface area contributed by atoms with Gasteiger partial charge in [0.1, 0.15) is 0 Å². The lowest BCUT2D eigenvalue weighted by Crippen LogP contribution is -2.28. The van der Waals surface area contributed by atoms with E-state index in [9.17, 15) is 9.59 Å². The van der Waals surface area contributed by atoms with E-state index in [-0.39, 0.29) is 11.8 Å². The van der Waals surface area contributed by atoms with Gasteiger partial charge in [-0.2, -0.15) is 0 Å². The van der Waals surface area contributed by atoms with Crippen molar-refractivity contribution in [1.29, 1.82) is 0 Å². The Morgan fingerprint density at radius 1 is 0.925 bits per heavy atom. The fourth-order valence-electron chi connectivity index (χ4n) is 4.47. The number of pyridine rings is 2. The van der Waals surface area contributed by atoms with Gasteiger partial charge in [0.15, 0.2) is 17.3 Å². The van der Waals surface area contributed by atoms with Gasteiger partial charge in [0.25, 0.3) is 11.8 Å². The van der Waals surface area contributed by atoms with Crippen molar-refractivity contribution in [3.63, 3.8) is 0 Å². The molecule has 0 saturated heterocycles. The highest BCUT2D eigenvalue weighted by molar-refractivity contribution is 7.17. The number of nitrogens with one attached hydrogen (secondary N) is 3. The maximum Gasteiger partial charge on any atom is 0.257 e. The van der Waals surface area contributed by atoms with Crippen LogP contribution in [0.2, 0.25) is 0 Å². The van der Waals surface area contributed by atoms with E-state index in [1.54, 1.807) is 6.07 Å². The summed E-state index contributed by atoms with van der Waals surface area (Å²) >= 11 is 1.51. The topological polar surface area (TPSA) is 113 Å². The summed E-state index contributed by atoms with van der Waals surface area (Å²) < 4.78 is 2.85. The van der Waals surface area contributed by atoms with Crippen LogP contribution in [-0.2, 0) is 0 Å². The fraction of sp³-hybridized carbons (Fsp3) is 0.100. The van der Waals surface area contributed by atoms with E-state index >= 15 is 0 Å². The van der Waals surface area contributed by atoms with Gasteiger partial charge in [-0.3, -0.25) is 14.0 Å². The van der Waals surface area contributed by atoms with Crippen molar-refractivity contribution in [2.45, 2.75) is 19.9 Å². The molecule has 10 heteroatoms. The van der Waals surface area contributed by atoms with Crippen LogP contribution < -0.4 is 16.0 Å². The number of benzene rings is 2. The maximum atomic E-state index is 13.4.